The Kier molecular flexibility index (Phi) is 2.33. The molecule has 14 heavy (non-hydrogen) atoms. The predicted octanol–water partition coefficient (Wildman–Crippen LogP) is 1.60. The molecule has 2 rings (SSSR count). The first-order valence-electron chi connectivity index (χ1n) is 4.82. The maximum absolute atomic E-state index is 9.32. The monoisotopic (exact) mass is 193 g/mol. The summed E-state index contributed by atoms with van der Waals surface area (Å²) in [6.07, 6.45) is 0. The summed E-state index contributed by atoms with van der Waals surface area (Å²) in [5.41, 5.74) is 1.13. The van der Waals surface area contributed by atoms with Crippen molar-refractivity contribution >= 4 is 0 Å². The van der Waals surface area contributed by atoms with Crippen LogP contribution in [0.1, 0.15) is 12.5 Å². The van der Waals surface area contributed by atoms with Gasteiger partial charge in [-0.15, -0.1) is 0 Å². The van der Waals surface area contributed by atoms with E-state index < -0.39 is 0 Å². The average Bonchev–Trinajstić information content (AvgIpc) is 2.29. The Bertz CT molecular complexity index is 338. The molecule has 0 aliphatic carbocycles. The van der Waals surface area contributed by atoms with Gasteiger partial charge in [0.05, 0.1) is 0 Å². The van der Waals surface area contributed by atoms with E-state index in [2.05, 4.69) is 18.9 Å². The molecule has 76 valence electrons. The van der Waals surface area contributed by atoms with Gasteiger partial charge in [-0.3, -0.25) is 4.90 Å². The van der Waals surface area contributed by atoms with Gasteiger partial charge in [0, 0.05) is 24.2 Å². The number of phenolic OH excluding ortho intramolecular Hbond substituents is 1. The summed E-state index contributed by atoms with van der Waals surface area (Å²) in [5.74, 6) is 1.07. The number of aromatic hydroxyl groups is 1. The van der Waals surface area contributed by atoms with Crippen LogP contribution in [0.4, 0.5) is 0 Å². The van der Waals surface area contributed by atoms with Gasteiger partial charge in [-0.25, -0.2) is 0 Å². The van der Waals surface area contributed by atoms with Crippen molar-refractivity contribution in [2.75, 3.05) is 13.7 Å². The molecule has 0 aromatic heterocycles. The summed E-state index contributed by atoms with van der Waals surface area (Å²) in [6.45, 7) is 3.68. The molecule has 0 saturated heterocycles. The molecule has 0 amide bonds. The first kappa shape index (κ1) is 9.34. The van der Waals surface area contributed by atoms with Crippen LogP contribution in [0, 0.1) is 0 Å². The van der Waals surface area contributed by atoms with Gasteiger partial charge in [0.25, 0.3) is 0 Å². The minimum absolute atomic E-state index is 0.265. The van der Waals surface area contributed by atoms with Gasteiger partial charge in [0.2, 0.25) is 0 Å². The van der Waals surface area contributed by atoms with Gasteiger partial charge in [-0.1, -0.05) is 6.07 Å². The zero-order valence-corrected chi connectivity index (χ0v) is 8.53. The van der Waals surface area contributed by atoms with Gasteiger partial charge in [-0.2, -0.15) is 0 Å². The Hall–Kier alpha value is -1.22. The molecule has 3 heteroatoms. The first-order chi connectivity index (χ1) is 6.66. The number of phenols is 1. The molecule has 1 heterocycles. The molecule has 1 atom stereocenters. The van der Waals surface area contributed by atoms with Gasteiger partial charge in [-0.05, 0) is 20.0 Å². The second-order valence-corrected chi connectivity index (χ2v) is 3.87. The fraction of sp³-hybridized carbons (Fsp3) is 0.455. The van der Waals surface area contributed by atoms with Crippen LogP contribution in [0.15, 0.2) is 18.2 Å². The van der Waals surface area contributed by atoms with Crippen molar-refractivity contribution in [1.29, 1.82) is 0 Å². The highest BCUT2D eigenvalue weighted by molar-refractivity contribution is 5.40. The van der Waals surface area contributed by atoms with E-state index in [9.17, 15) is 5.11 Å². The SMILES string of the molecule is CC1COc2cc(O)ccc2CN1C. The summed E-state index contributed by atoms with van der Waals surface area (Å²) in [5, 5.41) is 9.32. The fourth-order valence-corrected chi connectivity index (χ4v) is 1.57. The third kappa shape index (κ3) is 1.68. The molecule has 1 aromatic carbocycles. The molecular weight excluding hydrogens is 178 g/mol. The second-order valence-electron chi connectivity index (χ2n) is 3.87. The van der Waals surface area contributed by atoms with Crippen molar-refractivity contribution in [3.8, 4) is 11.5 Å². The molecule has 0 bridgehead atoms. The van der Waals surface area contributed by atoms with Crippen molar-refractivity contribution in [1.82, 2.24) is 4.90 Å². The molecule has 3 nitrogen and oxygen atoms in total. The van der Waals surface area contributed by atoms with Crippen LogP contribution in [0.3, 0.4) is 0 Å². The quantitative estimate of drug-likeness (QED) is 0.679. The van der Waals surface area contributed by atoms with Crippen LogP contribution in [0.2, 0.25) is 0 Å². The van der Waals surface area contributed by atoms with Crippen molar-refractivity contribution in [3.05, 3.63) is 23.8 Å². The predicted molar refractivity (Wildman–Crippen MR) is 54.5 cm³/mol. The van der Waals surface area contributed by atoms with Gasteiger partial charge in [0.15, 0.2) is 0 Å². The topological polar surface area (TPSA) is 32.7 Å². The number of fused-ring (bicyclic) bond motifs is 1. The summed E-state index contributed by atoms with van der Waals surface area (Å²) in [7, 11) is 2.08. The summed E-state index contributed by atoms with van der Waals surface area (Å²) >= 11 is 0. The zero-order chi connectivity index (χ0) is 10.1. The van der Waals surface area contributed by atoms with E-state index in [1.165, 1.54) is 0 Å². The highest BCUT2D eigenvalue weighted by Crippen LogP contribution is 2.27. The number of hydrogen-bond donors (Lipinski definition) is 1. The lowest BCUT2D eigenvalue weighted by atomic mass is 10.2. The van der Waals surface area contributed by atoms with Gasteiger partial charge in [0.1, 0.15) is 18.1 Å². The molecule has 1 aromatic rings. The van der Waals surface area contributed by atoms with Crippen LogP contribution in [0.5, 0.6) is 11.5 Å². The zero-order valence-electron chi connectivity index (χ0n) is 8.53. The van der Waals surface area contributed by atoms with Crippen LogP contribution < -0.4 is 4.74 Å². The minimum atomic E-state index is 0.265. The van der Waals surface area contributed by atoms with E-state index in [1.807, 2.05) is 6.07 Å². The second kappa shape index (κ2) is 3.50. The Balaban J connectivity index is 2.33. The van der Waals surface area contributed by atoms with E-state index in [0.29, 0.717) is 12.6 Å². The number of nitrogens with zero attached hydrogens (tertiary/aromatic N) is 1. The van der Waals surface area contributed by atoms with Crippen LogP contribution in [-0.4, -0.2) is 29.7 Å². The first-order valence-corrected chi connectivity index (χ1v) is 4.82. The van der Waals surface area contributed by atoms with Crippen LogP contribution >= 0.6 is 0 Å². The highest BCUT2D eigenvalue weighted by atomic mass is 16.5. The lowest BCUT2D eigenvalue weighted by Crippen LogP contribution is -2.31. The maximum Gasteiger partial charge on any atom is 0.127 e. The van der Waals surface area contributed by atoms with Crippen LogP contribution in [-0.2, 0) is 6.54 Å². The summed E-state index contributed by atoms with van der Waals surface area (Å²) in [4.78, 5) is 2.24. The van der Waals surface area contributed by atoms with Crippen molar-refractivity contribution in [2.24, 2.45) is 0 Å². The van der Waals surface area contributed by atoms with Crippen molar-refractivity contribution < 1.29 is 9.84 Å². The Labute approximate surface area is 83.9 Å². The fourth-order valence-electron chi connectivity index (χ4n) is 1.57. The van der Waals surface area contributed by atoms with E-state index >= 15 is 0 Å². The van der Waals surface area contributed by atoms with Crippen molar-refractivity contribution in [2.45, 2.75) is 19.5 Å². The normalized spacial score (nSPS) is 22.3. The molecule has 0 spiro atoms. The third-order valence-electron chi connectivity index (χ3n) is 2.70. The molecule has 1 aliphatic heterocycles. The minimum Gasteiger partial charge on any atom is -0.508 e. The third-order valence-corrected chi connectivity index (χ3v) is 2.70. The Morgan fingerprint density at radius 1 is 1.50 bits per heavy atom. The molecular formula is C11H15NO2. The Morgan fingerprint density at radius 3 is 3.07 bits per heavy atom. The molecule has 0 fully saturated rings. The standard InChI is InChI=1S/C11H15NO2/c1-8-7-14-11-5-10(13)4-3-9(11)6-12(8)2/h3-5,8,13H,6-7H2,1-2H3. The largest absolute Gasteiger partial charge is 0.508 e. The summed E-state index contributed by atoms with van der Waals surface area (Å²) < 4.78 is 5.61. The van der Waals surface area contributed by atoms with E-state index in [-0.39, 0.29) is 5.75 Å². The van der Waals surface area contributed by atoms with E-state index in [1.54, 1.807) is 12.1 Å². The molecule has 1 unspecified atom stereocenters. The molecule has 0 saturated carbocycles. The molecule has 1 aliphatic rings. The number of ether oxygens (including phenoxy) is 1. The smallest absolute Gasteiger partial charge is 0.127 e. The average molecular weight is 193 g/mol. The molecule has 0 radical (unpaired) electrons. The lowest BCUT2D eigenvalue weighted by molar-refractivity contribution is 0.189. The van der Waals surface area contributed by atoms with Crippen molar-refractivity contribution in [3.63, 3.8) is 0 Å². The molecule has 1 N–H and O–H groups in total. The highest BCUT2D eigenvalue weighted by Gasteiger charge is 2.18. The Morgan fingerprint density at radius 2 is 2.29 bits per heavy atom. The van der Waals surface area contributed by atoms with E-state index in [0.717, 1.165) is 17.9 Å². The number of hydrogen-bond acceptors (Lipinski definition) is 3. The maximum atomic E-state index is 9.32. The van der Waals surface area contributed by atoms with Gasteiger partial charge < -0.3 is 9.84 Å². The van der Waals surface area contributed by atoms with Gasteiger partial charge >= 0.3 is 0 Å². The summed E-state index contributed by atoms with van der Waals surface area (Å²) in [6, 6.07) is 5.71. The van der Waals surface area contributed by atoms with E-state index in [4.69, 9.17) is 4.74 Å². The number of likely N-dealkylation sites (N-methyl/N-ethyl adjacent to an activating group) is 1. The lowest BCUT2D eigenvalue weighted by Gasteiger charge is -2.19. The van der Waals surface area contributed by atoms with Crippen LogP contribution in [0.25, 0.3) is 0 Å². The number of benzene rings is 1. The number of rotatable bonds is 0.